The van der Waals surface area contributed by atoms with E-state index in [0.29, 0.717) is 0 Å². The highest BCUT2D eigenvalue weighted by atomic mass is 32.2. The molecule has 0 fully saturated rings. The van der Waals surface area contributed by atoms with Gasteiger partial charge in [-0.2, -0.15) is 0 Å². The van der Waals surface area contributed by atoms with Gasteiger partial charge < -0.3 is 0 Å². The number of thioether (sulfide) groups is 1. The predicted octanol–water partition coefficient (Wildman–Crippen LogP) is 2.28. The Hall–Kier alpha value is -0.350. The molecule has 0 atom stereocenters. The molecule has 0 saturated heterocycles. The zero-order valence-electron chi connectivity index (χ0n) is 5.05. The molecule has 0 heterocycles. The van der Waals surface area contributed by atoms with E-state index in [1.165, 1.54) is 6.42 Å². The summed E-state index contributed by atoms with van der Waals surface area (Å²) in [6.45, 7) is 2.15. The molecule has 0 N–H and O–H groups in total. The summed E-state index contributed by atoms with van der Waals surface area (Å²) in [6, 6.07) is 0. The van der Waals surface area contributed by atoms with Crippen molar-refractivity contribution in [1.29, 1.82) is 0 Å². The highest BCUT2D eigenvalue weighted by molar-refractivity contribution is 8.02. The van der Waals surface area contributed by atoms with Crippen LogP contribution in [0.25, 0.3) is 0 Å². The molecule has 0 aromatic heterocycles. The standard InChI is InChI=1S/C7H10S/c1-3-5-7-8-6-4-2/h1,5,7H,4,6H2,2H3. The first-order valence-electron chi connectivity index (χ1n) is 2.64. The molecule has 0 nitrogen and oxygen atoms in total. The Labute approximate surface area is 55.4 Å². The Morgan fingerprint density at radius 2 is 2.50 bits per heavy atom. The molecule has 44 valence electrons. The van der Waals surface area contributed by atoms with Crippen molar-refractivity contribution in [1.82, 2.24) is 0 Å². The van der Waals surface area contributed by atoms with E-state index in [1.807, 2.05) is 5.41 Å². The zero-order chi connectivity index (χ0) is 6.24. The number of terminal acetylenes is 1. The number of rotatable bonds is 3. The minimum absolute atomic E-state index is 1.16. The van der Waals surface area contributed by atoms with Crippen molar-refractivity contribution in [2.75, 3.05) is 5.75 Å². The molecule has 0 bridgehead atoms. The average Bonchev–Trinajstić information content (AvgIpc) is 1.81. The van der Waals surface area contributed by atoms with Crippen LogP contribution in [0.3, 0.4) is 0 Å². The first-order valence-corrected chi connectivity index (χ1v) is 3.69. The second kappa shape index (κ2) is 6.65. The van der Waals surface area contributed by atoms with Crippen LogP contribution in [0, 0.1) is 12.3 Å². The van der Waals surface area contributed by atoms with Crippen LogP contribution >= 0.6 is 11.8 Å². The maximum Gasteiger partial charge on any atom is -0.00284 e. The lowest BCUT2D eigenvalue weighted by Crippen LogP contribution is -1.65. The predicted molar refractivity (Wildman–Crippen MR) is 40.7 cm³/mol. The zero-order valence-corrected chi connectivity index (χ0v) is 5.87. The first-order chi connectivity index (χ1) is 3.91. The van der Waals surface area contributed by atoms with Gasteiger partial charge in [-0.05, 0) is 23.7 Å². The van der Waals surface area contributed by atoms with Crippen LogP contribution < -0.4 is 0 Å². The van der Waals surface area contributed by atoms with Crippen LogP contribution in [0.15, 0.2) is 11.5 Å². The monoisotopic (exact) mass is 126 g/mol. The fourth-order valence-corrected chi connectivity index (χ4v) is 0.820. The topological polar surface area (TPSA) is 0 Å². The van der Waals surface area contributed by atoms with Gasteiger partial charge in [-0.25, -0.2) is 0 Å². The minimum atomic E-state index is 1.16. The van der Waals surface area contributed by atoms with E-state index in [0.717, 1.165) is 5.75 Å². The molecule has 0 saturated carbocycles. The second-order valence-corrected chi connectivity index (χ2v) is 2.35. The summed E-state index contributed by atoms with van der Waals surface area (Å²) in [5.41, 5.74) is 0. The van der Waals surface area contributed by atoms with Gasteiger partial charge in [0.05, 0.1) is 0 Å². The van der Waals surface area contributed by atoms with Crippen LogP contribution in [-0.4, -0.2) is 5.75 Å². The van der Waals surface area contributed by atoms with Crippen molar-refractivity contribution in [3.05, 3.63) is 11.5 Å². The molecular weight excluding hydrogens is 116 g/mol. The van der Waals surface area contributed by atoms with Gasteiger partial charge in [0.15, 0.2) is 0 Å². The molecule has 0 rings (SSSR count). The van der Waals surface area contributed by atoms with Crippen molar-refractivity contribution >= 4 is 11.8 Å². The number of allylic oxidation sites excluding steroid dienone is 1. The van der Waals surface area contributed by atoms with Gasteiger partial charge in [0, 0.05) is 0 Å². The van der Waals surface area contributed by atoms with Crippen LogP contribution in [0.2, 0.25) is 0 Å². The second-order valence-electron chi connectivity index (χ2n) is 1.34. The van der Waals surface area contributed by atoms with E-state index in [2.05, 4.69) is 12.8 Å². The van der Waals surface area contributed by atoms with E-state index in [1.54, 1.807) is 17.8 Å². The summed E-state index contributed by atoms with van der Waals surface area (Å²) in [4.78, 5) is 0. The van der Waals surface area contributed by atoms with E-state index >= 15 is 0 Å². The van der Waals surface area contributed by atoms with Gasteiger partial charge in [0.25, 0.3) is 0 Å². The quantitative estimate of drug-likeness (QED) is 0.413. The van der Waals surface area contributed by atoms with E-state index < -0.39 is 0 Å². The lowest BCUT2D eigenvalue weighted by molar-refractivity contribution is 1.11. The van der Waals surface area contributed by atoms with E-state index in [-0.39, 0.29) is 0 Å². The van der Waals surface area contributed by atoms with Crippen LogP contribution in [0.4, 0.5) is 0 Å². The average molecular weight is 126 g/mol. The van der Waals surface area contributed by atoms with Crippen molar-refractivity contribution in [2.45, 2.75) is 13.3 Å². The summed E-state index contributed by atoms with van der Waals surface area (Å²) in [5, 5.41) is 1.95. The van der Waals surface area contributed by atoms with Crippen LogP contribution in [0.5, 0.6) is 0 Å². The molecule has 0 radical (unpaired) electrons. The SMILES string of the molecule is C#CC=CSCCC. The van der Waals surface area contributed by atoms with Crippen LogP contribution in [0.1, 0.15) is 13.3 Å². The summed E-state index contributed by atoms with van der Waals surface area (Å²) >= 11 is 1.75. The van der Waals surface area contributed by atoms with Gasteiger partial charge in [-0.15, -0.1) is 18.2 Å². The van der Waals surface area contributed by atoms with E-state index in [9.17, 15) is 0 Å². The normalized spacial score (nSPS) is 9.50. The number of hydrogen-bond acceptors (Lipinski definition) is 1. The molecule has 0 unspecified atom stereocenters. The van der Waals surface area contributed by atoms with Crippen molar-refractivity contribution in [2.24, 2.45) is 0 Å². The minimum Gasteiger partial charge on any atom is -0.133 e. The Balaban J connectivity index is 2.94. The molecule has 1 heteroatoms. The Morgan fingerprint density at radius 3 is 3.00 bits per heavy atom. The van der Waals surface area contributed by atoms with Crippen molar-refractivity contribution in [3.8, 4) is 12.3 Å². The summed E-state index contributed by atoms with van der Waals surface area (Å²) in [7, 11) is 0. The van der Waals surface area contributed by atoms with Crippen molar-refractivity contribution < 1.29 is 0 Å². The lowest BCUT2D eigenvalue weighted by atomic mass is 10.6. The Morgan fingerprint density at radius 1 is 1.75 bits per heavy atom. The Kier molecular flexibility index (Phi) is 6.36. The third-order valence-corrected chi connectivity index (χ3v) is 1.55. The molecule has 0 aromatic carbocycles. The Bertz CT molecular complexity index is 97.4. The smallest absolute Gasteiger partial charge is 0.00284 e. The van der Waals surface area contributed by atoms with Crippen molar-refractivity contribution in [3.63, 3.8) is 0 Å². The first kappa shape index (κ1) is 7.65. The molecule has 8 heavy (non-hydrogen) atoms. The highest BCUT2D eigenvalue weighted by Crippen LogP contribution is 2.01. The number of hydrogen-bond donors (Lipinski definition) is 0. The van der Waals surface area contributed by atoms with Gasteiger partial charge in [-0.3, -0.25) is 0 Å². The van der Waals surface area contributed by atoms with Crippen LogP contribution in [-0.2, 0) is 0 Å². The summed E-state index contributed by atoms with van der Waals surface area (Å²) < 4.78 is 0. The van der Waals surface area contributed by atoms with Gasteiger partial charge in [0.2, 0.25) is 0 Å². The maximum atomic E-state index is 4.96. The molecular formula is C7H10S. The maximum absolute atomic E-state index is 4.96. The fraction of sp³-hybridized carbons (Fsp3) is 0.429. The van der Waals surface area contributed by atoms with E-state index in [4.69, 9.17) is 6.42 Å². The molecule has 0 aliphatic heterocycles. The fourth-order valence-electron chi connectivity index (χ4n) is 0.273. The lowest BCUT2D eigenvalue weighted by Gasteiger charge is -1.83. The molecule has 0 aromatic rings. The summed E-state index contributed by atoms with van der Waals surface area (Å²) in [5.74, 6) is 3.59. The third-order valence-electron chi connectivity index (χ3n) is 0.582. The summed E-state index contributed by atoms with van der Waals surface area (Å²) in [6.07, 6.45) is 7.89. The largest absolute Gasteiger partial charge is 0.133 e. The van der Waals surface area contributed by atoms with Gasteiger partial charge in [0.1, 0.15) is 0 Å². The van der Waals surface area contributed by atoms with Gasteiger partial charge in [-0.1, -0.05) is 12.8 Å². The molecule has 0 spiro atoms. The molecule has 0 aliphatic carbocycles. The molecule has 0 aliphatic rings. The third kappa shape index (κ3) is 5.65. The van der Waals surface area contributed by atoms with Gasteiger partial charge >= 0.3 is 0 Å². The highest BCUT2D eigenvalue weighted by Gasteiger charge is 1.73. The molecule has 0 amide bonds.